The van der Waals surface area contributed by atoms with Gasteiger partial charge in [-0.2, -0.15) is 15.6 Å². The summed E-state index contributed by atoms with van der Waals surface area (Å²) in [7, 11) is 0. The van der Waals surface area contributed by atoms with Gasteiger partial charge in [0.15, 0.2) is 6.73 Å². The van der Waals surface area contributed by atoms with E-state index in [2.05, 4.69) is 5.10 Å². The smallest absolute Gasteiger partial charge is 0.307 e. The molecule has 0 aliphatic heterocycles. The zero-order valence-electron chi connectivity index (χ0n) is 11.2. The number of ether oxygens (including phenoxy) is 1. The van der Waals surface area contributed by atoms with E-state index in [1.165, 1.54) is 17.0 Å². The van der Waals surface area contributed by atoms with Crippen molar-refractivity contribution in [3.8, 4) is 17.9 Å². The van der Waals surface area contributed by atoms with Crippen molar-refractivity contribution in [1.82, 2.24) is 9.78 Å². The molecule has 22 heavy (non-hydrogen) atoms. The van der Waals surface area contributed by atoms with Crippen LogP contribution in [0.2, 0.25) is 0 Å². The Bertz CT molecular complexity index is 777. The molecule has 1 heterocycles. The fraction of sp³-hybridized carbons (Fsp3) is 0.0714. The van der Waals surface area contributed by atoms with Gasteiger partial charge in [-0.1, -0.05) is 12.1 Å². The molecule has 0 bridgehead atoms. The number of nitrogens with zero attached hydrogens (tertiary/aromatic N) is 5. The second kappa shape index (κ2) is 6.68. The Morgan fingerprint density at radius 3 is 2.59 bits per heavy atom. The standard InChI is InChI=1S/C14H9N5O3/c15-6-12(7-16)5-11-1-3-14(4-2-11)22-10-18-9-13(8-17-18)19(20)21/h1-5,8-9H,10H2. The van der Waals surface area contributed by atoms with Gasteiger partial charge in [0.05, 0.1) is 4.92 Å². The van der Waals surface area contributed by atoms with E-state index in [0.717, 1.165) is 6.20 Å². The van der Waals surface area contributed by atoms with E-state index in [-0.39, 0.29) is 18.0 Å². The molecule has 8 heteroatoms. The minimum absolute atomic E-state index is 0.0116. The molecule has 1 aromatic heterocycles. The predicted octanol–water partition coefficient (Wildman–Crippen LogP) is 2.26. The van der Waals surface area contributed by atoms with Crippen LogP contribution in [0.25, 0.3) is 6.08 Å². The average molecular weight is 295 g/mol. The van der Waals surface area contributed by atoms with E-state index in [1.54, 1.807) is 36.4 Å². The van der Waals surface area contributed by atoms with Gasteiger partial charge in [-0.25, -0.2) is 4.68 Å². The van der Waals surface area contributed by atoms with Gasteiger partial charge in [-0.05, 0) is 23.8 Å². The number of rotatable bonds is 5. The Hall–Kier alpha value is -3.65. The first-order valence-electron chi connectivity index (χ1n) is 6.04. The van der Waals surface area contributed by atoms with Gasteiger partial charge in [0, 0.05) is 0 Å². The topological polar surface area (TPSA) is 118 Å². The molecular formula is C14H9N5O3. The Morgan fingerprint density at radius 1 is 1.36 bits per heavy atom. The van der Waals surface area contributed by atoms with Crippen LogP contribution in [-0.2, 0) is 6.73 Å². The number of hydrogen-bond donors (Lipinski definition) is 0. The van der Waals surface area contributed by atoms with Crippen LogP contribution in [-0.4, -0.2) is 14.7 Å². The highest BCUT2D eigenvalue weighted by atomic mass is 16.6. The number of hydrogen-bond acceptors (Lipinski definition) is 6. The van der Waals surface area contributed by atoms with Gasteiger partial charge in [0.25, 0.3) is 0 Å². The Morgan fingerprint density at radius 2 is 2.05 bits per heavy atom. The summed E-state index contributed by atoms with van der Waals surface area (Å²) in [5, 5.41) is 31.7. The lowest BCUT2D eigenvalue weighted by molar-refractivity contribution is -0.385. The second-order valence-corrected chi connectivity index (χ2v) is 4.12. The van der Waals surface area contributed by atoms with Gasteiger partial charge < -0.3 is 4.74 Å². The molecular weight excluding hydrogens is 286 g/mol. The maximum absolute atomic E-state index is 10.5. The van der Waals surface area contributed by atoms with Crippen LogP contribution in [0.3, 0.4) is 0 Å². The zero-order chi connectivity index (χ0) is 15.9. The number of nitriles is 2. The Balaban J connectivity index is 2.00. The van der Waals surface area contributed by atoms with Crippen molar-refractivity contribution in [2.75, 3.05) is 0 Å². The second-order valence-electron chi connectivity index (χ2n) is 4.12. The Kier molecular flexibility index (Phi) is 4.48. The summed E-state index contributed by atoms with van der Waals surface area (Å²) < 4.78 is 6.73. The third kappa shape index (κ3) is 3.68. The van der Waals surface area contributed by atoms with Crippen molar-refractivity contribution in [3.63, 3.8) is 0 Å². The largest absolute Gasteiger partial charge is 0.471 e. The highest BCUT2D eigenvalue weighted by Crippen LogP contribution is 2.15. The number of aromatic nitrogens is 2. The summed E-state index contributed by atoms with van der Waals surface area (Å²) in [6.45, 7) is 0.0324. The van der Waals surface area contributed by atoms with Gasteiger partial charge >= 0.3 is 5.69 Å². The first-order chi connectivity index (χ1) is 10.6. The van der Waals surface area contributed by atoms with Gasteiger partial charge in [0.2, 0.25) is 0 Å². The third-order valence-electron chi connectivity index (χ3n) is 2.63. The lowest BCUT2D eigenvalue weighted by atomic mass is 10.1. The molecule has 0 saturated heterocycles. The summed E-state index contributed by atoms with van der Waals surface area (Å²) in [5.74, 6) is 0.533. The molecule has 0 atom stereocenters. The average Bonchev–Trinajstić information content (AvgIpc) is 3.01. The van der Waals surface area contributed by atoms with E-state index < -0.39 is 4.92 Å². The summed E-state index contributed by atoms with van der Waals surface area (Å²) in [5.41, 5.74) is 0.599. The molecule has 0 saturated carbocycles. The molecule has 8 nitrogen and oxygen atoms in total. The van der Waals surface area contributed by atoms with Gasteiger partial charge in [-0.3, -0.25) is 10.1 Å². The van der Waals surface area contributed by atoms with Crippen molar-refractivity contribution in [2.45, 2.75) is 6.73 Å². The van der Waals surface area contributed by atoms with Crippen LogP contribution in [0.15, 0.2) is 42.2 Å². The molecule has 108 valence electrons. The lowest BCUT2D eigenvalue weighted by Gasteiger charge is -2.05. The molecule has 0 aliphatic rings. The minimum Gasteiger partial charge on any atom is -0.471 e. The zero-order valence-corrected chi connectivity index (χ0v) is 11.2. The number of benzene rings is 1. The van der Waals surface area contributed by atoms with Crippen molar-refractivity contribution < 1.29 is 9.66 Å². The van der Waals surface area contributed by atoms with E-state index in [1.807, 2.05) is 0 Å². The van der Waals surface area contributed by atoms with Gasteiger partial charge in [-0.15, -0.1) is 0 Å². The maximum Gasteiger partial charge on any atom is 0.307 e. The van der Waals surface area contributed by atoms with Crippen LogP contribution in [0.5, 0.6) is 5.75 Å². The fourth-order valence-electron chi connectivity index (χ4n) is 1.57. The van der Waals surface area contributed by atoms with Crippen molar-refractivity contribution >= 4 is 11.8 Å². The van der Waals surface area contributed by atoms with Crippen molar-refractivity contribution in [1.29, 1.82) is 10.5 Å². The van der Waals surface area contributed by atoms with E-state index in [9.17, 15) is 10.1 Å². The minimum atomic E-state index is -0.535. The fourth-order valence-corrected chi connectivity index (χ4v) is 1.57. The molecule has 0 fully saturated rings. The van der Waals surface area contributed by atoms with Crippen LogP contribution < -0.4 is 4.74 Å². The molecule has 0 spiro atoms. The van der Waals surface area contributed by atoms with E-state index in [0.29, 0.717) is 11.3 Å². The van der Waals surface area contributed by atoms with Crippen LogP contribution in [0.4, 0.5) is 5.69 Å². The molecule has 2 aromatic rings. The molecule has 0 N–H and O–H groups in total. The molecule has 2 rings (SSSR count). The molecule has 0 unspecified atom stereocenters. The number of nitro groups is 1. The van der Waals surface area contributed by atoms with Gasteiger partial charge in [0.1, 0.15) is 35.9 Å². The Labute approximate surface area is 125 Å². The summed E-state index contributed by atoms with van der Waals surface area (Å²) >= 11 is 0. The highest BCUT2D eigenvalue weighted by Gasteiger charge is 2.08. The third-order valence-corrected chi connectivity index (χ3v) is 2.63. The predicted molar refractivity (Wildman–Crippen MR) is 75.2 cm³/mol. The SMILES string of the molecule is N#CC(C#N)=Cc1ccc(OCn2cc([N+](=O)[O-])cn2)cc1. The molecule has 0 amide bonds. The van der Waals surface area contributed by atoms with Crippen molar-refractivity contribution in [3.05, 3.63) is 57.9 Å². The normalized spacial score (nSPS) is 9.36. The quantitative estimate of drug-likeness (QED) is 0.474. The van der Waals surface area contributed by atoms with Crippen molar-refractivity contribution in [2.24, 2.45) is 0 Å². The summed E-state index contributed by atoms with van der Waals surface area (Å²) in [4.78, 5) is 9.99. The lowest BCUT2D eigenvalue weighted by Crippen LogP contribution is -2.05. The number of allylic oxidation sites excluding steroid dienone is 1. The van der Waals surface area contributed by atoms with E-state index in [4.69, 9.17) is 15.3 Å². The highest BCUT2D eigenvalue weighted by molar-refractivity contribution is 5.62. The monoisotopic (exact) mass is 295 g/mol. The van der Waals surface area contributed by atoms with Crippen LogP contribution >= 0.6 is 0 Å². The molecule has 1 aromatic carbocycles. The molecule has 0 radical (unpaired) electrons. The first-order valence-corrected chi connectivity index (χ1v) is 6.04. The summed E-state index contributed by atoms with van der Waals surface area (Å²) in [6.07, 6.45) is 3.87. The summed E-state index contributed by atoms with van der Waals surface area (Å²) in [6, 6.07) is 10.3. The van der Waals surface area contributed by atoms with E-state index >= 15 is 0 Å². The molecule has 0 aliphatic carbocycles. The van der Waals surface area contributed by atoms with Crippen LogP contribution in [0.1, 0.15) is 5.56 Å². The first kappa shape index (κ1) is 14.8. The maximum atomic E-state index is 10.5. The van der Waals surface area contributed by atoms with Crippen LogP contribution in [0, 0.1) is 32.8 Å².